The molecule has 0 radical (unpaired) electrons. The molecule has 0 N–H and O–H groups in total. The Hall–Kier alpha value is 0.930. The third-order valence-electron chi connectivity index (χ3n) is 2.73. The Morgan fingerprint density at radius 2 is 1.86 bits per heavy atom. The predicted molar refractivity (Wildman–Crippen MR) is 79.0 cm³/mol. The highest BCUT2D eigenvalue weighted by Crippen LogP contribution is 2.28. The molecule has 0 aromatic heterocycles. The van der Waals surface area contributed by atoms with Gasteiger partial charge in [0, 0.05) is 12.0 Å². The molecule has 0 aliphatic heterocycles. The molecule has 1 aliphatic carbocycles. The van der Waals surface area contributed by atoms with Crippen molar-refractivity contribution in [1.29, 1.82) is 0 Å². The quantitative estimate of drug-likeness (QED) is 0.281. The second-order valence-corrected chi connectivity index (χ2v) is 5.70. The van der Waals surface area contributed by atoms with Gasteiger partial charge in [-0.05, 0) is 26.7 Å². The lowest BCUT2D eigenvalue weighted by Crippen LogP contribution is -2.34. The number of halogens is 2. The Kier molecular flexibility index (Phi) is 6.03. The van der Waals surface area contributed by atoms with Crippen molar-refractivity contribution in [2.45, 2.75) is 52.0 Å². The fourth-order valence-corrected chi connectivity index (χ4v) is 3.45. The van der Waals surface area contributed by atoms with Crippen molar-refractivity contribution >= 4 is 51.6 Å². The Bertz CT molecular complexity index is 198. The summed E-state index contributed by atoms with van der Waals surface area (Å²) in [5.74, 6) is 2.00. The highest BCUT2D eigenvalue weighted by molar-refractivity contribution is 14.1. The zero-order valence-corrected chi connectivity index (χ0v) is 13.2. The number of rotatable bonds is 2. The molecule has 0 saturated heterocycles. The summed E-state index contributed by atoms with van der Waals surface area (Å²) in [6.07, 6.45) is 6.82. The van der Waals surface area contributed by atoms with Gasteiger partial charge < -0.3 is 0 Å². The number of nitrogens with zero attached hydrogens (tertiary/aromatic N) is 2. The third-order valence-corrected chi connectivity index (χ3v) is 4.83. The van der Waals surface area contributed by atoms with Crippen LogP contribution in [0.2, 0.25) is 0 Å². The summed E-state index contributed by atoms with van der Waals surface area (Å²) in [6, 6.07) is 0.547. The topological polar surface area (TPSA) is 15.6 Å². The number of hydrogen-bond acceptors (Lipinski definition) is 1. The highest BCUT2D eigenvalue weighted by atomic mass is 127. The van der Waals surface area contributed by atoms with Crippen molar-refractivity contribution < 1.29 is 0 Å². The lowest BCUT2D eigenvalue weighted by Gasteiger charge is -2.30. The second-order valence-electron chi connectivity index (χ2n) is 4.18. The molecule has 0 amide bonds. The summed E-state index contributed by atoms with van der Waals surface area (Å²) >= 11 is 4.54. The van der Waals surface area contributed by atoms with Gasteiger partial charge in [0.15, 0.2) is 0 Å². The van der Waals surface area contributed by atoms with Crippen LogP contribution in [0.15, 0.2) is 3.21 Å². The monoisotopic (exact) mass is 420 g/mol. The largest absolute Gasteiger partial charge is 0.300 e. The molecule has 0 bridgehead atoms. The van der Waals surface area contributed by atoms with Gasteiger partial charge in [-0.1, -0.05) is 19.3 Å². The SMILES string of the molecule is CC(C)N(I)/C(=N\I)C1CCCCC1. The lowest BCUT2D eigenvalue weighted by atomic mass is 9.88. The second kappa shape index (κ2) is 6.50. The van der Waals surface area contributed by atoms with Crippen LogP contribution in [0.1, 0.15) is 46.0 Å². The minimum atomic E-state index is 0.547. The molecule has 0 atom stereocenters. The van der Waals surface area contributed by atoms with E-state index in [0.717, 1.165) is 0 Å². The minimum absolute atomic E-state index is 0.547. The number of hydrogen-bond donors (Lipinski definition) is 0. The standard InChI is InChI=1S/C10H18I2N2/c1-8(2)14(12)10(13-11)9-6-4-3-5-7-9/h8-9H,3-7H2,1-2H3/b13-10-. The van der Waals surface area contributed by atoms with Gasteiger partial charge in [-0.2, -0.15) is 0 Å². The molecule has 0 spiro atoms. The normalized spacial score (nSPS) is 20.2. The van der Waals surface area contributed by atoms with Gasteiger partial charge in [0.1, 0.15) is 5.84 Å². The van der Waals surface area contributed by atoms with Crippen molar-refractivity contribution in [3.63, 3.8) is 0 Å². The van der Waals surface area contributed by atoms with Crippen LogP contribution in [0.5, 0.6) is 0 Å². The van der Waals surface area contributed by atoms with E-state index >= 15 is 0 Å². The molecule has 1 saturated carbocycles. The summed E-state index contributed by atoms with van der Waals surface area (Å²) in [5, 5.41) is 0. The fourth-order valence-electron chi connectivity index (χ4n) is 1.90. The molecule has 82 valence electrons. The van der Waals surface area contributed by atoms with Crippen LogP contribution < -0.4 is 0 Å². The van der Waals surface area contributed by atoms with Gasteiger partial charge in [0.05, 0.1) is 45.7 Å². The van der Waals surface area contributed by atoms with Crippen LogP contribution in [0.25, 0.3) is 0 Å². The summed E-state index contributed by atoms with van der Waals surface area (Å²) in [7, 11) is 0. The summed E-state index contributed by atoms with van der Waals surface area (Å²) < 4.78 is 6.73. The number of amidine groups is 1. The van der Waals surface area contributed by atoms with Gasteiger partial charge in [0.2, 0.25) is 0 Å². The lowest BCUT2D eigenvalue weighted by molar-refractivity contribution is 0.413. The van der Waals surface area contributed by atoms with Crippen molar-refractivity contribution in [3.8, 4) is 0 Å². The van der Waals surface area contributed by atoms with Crippen molar-refractivity contribution in [1.82, 2.24) is 3.11 Å². The molecule has 2 nitrogen and oxygen atoms in total. The minimum Gasteiger partial charge on any atom is -0.300 e. The summed E-state index contributed by atoms with van der Waals surface area (Å²) in [4.78, 5) is 0. The van der Waals surface area contributed by atoms with E-state index in [0.29, 0.717) is 12.0 Å². The van der Waals surface area contributed by atoms with Crippen LogP contribution >= 0.6 is 45.7 Å². The van der Waals surface area contributed by atoms with E-state index in [1.807, 2.05) is 0 Å². The molecule has 4 heteroatoms. The molecule has 1 rings (SSSR count). The zero-order chi connectivity index (χ0) is 10.6. The van der Waals surface area contributed by atoms with E-state index in [1.54, 1.807) is 0 Å². The molecule has 1 aliphatic rings. The van der Waals surface area contributed by atoms with Gasteiger partial charge in [-0.25, -0.2) is 3.21 Å². The van der Waals surface area contributed by atoms with Crippen LogP contribution in [0.3, 0.4) is 0 Å². The molecular weight excluding hydrogens is 402 g/mol. The van der Waals surface area contributed by atoms with E-state index < -0.39 is 0 Å². The van der Waals surface area contributed by atoms with Crippen LogP contribution in [-0.2, 0) is 0 Å². The molecule has 0 aromatic carbocycles. The first-order chi connectivity index (χ1) is 6.66. The maximum Gasteiger partial charge on any atom is 0.123 e. The Morgan fingerprint density at radius 1 is 1.29 bits per heavy atom. The average Bonchev–Trinajstić information content (AvgIpc) is 2.20. The smallest absolute Gasteiger partial charge is 0.123 e. The zero-order valence-electron chi connectivity index (χ0n) is 8.84. The third kappa shape index (κ3) is 3.50. The summed E-state index contributed by atoms with van der Waals surface area (Å²) in [5.41, 5.74) is 0. The Labute approximate surface area is 115 Å². The average molecular weight is 420 g/mol. The molecular formula is C10H18I2N2. The van der Waals surface area contributed by atoms with Crippen LogP contribution in [0, 0.1) is 5.92 Å². The summed E-state index contributed by atoms with van der Waals surface area (Å²) in [6.45, 7) is 4.44. The molecule has 0 heterocycles. The van der Waals surface area contributed by atoms with Crippen molar-refractivity contribution in [2.75, 3.05) is 0 Å². The molecule has 0 unspecified atom stereocenters. The molecule has 0 aromatic rings. The first-order valence-corrected chi connectivity index (χ1v) is 7.23. The first-order valence-electron chi connectivity index (χ1n) is 5.30. The molecule has 1 fully saturated rings. The van der Waals surface area contributed by atoms with E-state index in [9.17, 15) is 0 Å². The maximum atomic E-state index is 4.44. The van der Waals surface area contributed by atoms with Gasteiger partial charge in [-0.15, -0.1) is 0 Å². The molecule has 14 heavy (non-hydrogen) atoms. The maximum absolute atomic E-state index is 4.44. The highest BCUT2D eigenvalue weighted by Gasteiger charge is 2.24. The predicted octanol–water partition coefficient (Wildman–Crippen LogP) is 4.38. The van der Waals surface area contributed by atoms with Gasteiger partial charge in [0.25, 0.3) is 0 Å². The fraction of sp³-hybridized carbons (Fsp3) is 0.900. The van der Waals surface area contributed by atoms with E-state index in [2.05, 4.69) is 65.9 Å². The van der Waals surface area contributed by atoms with Crippen LogP contribution in [0.4, 0.5) is 0 Å². The van der Waals surface area contributed by atoms with Crippen molar-refractivity contribution in [2.24, 2.45) is 9.12 Å². The Balaban J connectivity index is 2.61. The first kappa shape index (κ1) is 13.0. The van der Waals surface area contributed by atoms with E-state index in [1.165, 1.54) is 37.9 Å². The van der Waals surface area contributed by atoms with Crippen LogP contribution in [-0.4, -0.2) is 15.0 Å². The van der Waals surface area contributed by atoms with E-state index in [-0.39, 0.29) is 0 Å². The van der Waals surface area contributed by atoms with Crippen molar-refractivity contribution in [3.05, 3.63) is 0 Å². The Morgan fingerprint density at radius 3 is 2.29 bits per heavy atom. The van der Waals surface area contributed by atoms with Gasteiger partial charge in [-0.3, -0.25) is 3.11 Å². The van der Waals surface area contributed by atoms with E-state index in [4.69, 9.17) is 0 Å². The van der Waals surface area contributed by atoms with Gasteiger partial charge >= 0.3 is 0 Å².